The summed E-state index contributed by atoms with van der Waals surface area (Å²) in [6.07, 6.45) is 1.52. The summed E-state index contributed by atoms with van der Waals surface area (Å²) >= 11 is 11.9. The second-order valence-electron chi connectivity index (χ2n) is 4.21. The molecule has 2 rings (SSSR count). The molecule has 19 heavy (non-hydrogen) atoms. The summed E-state index contributed by atoms with van der Waals surface area (Å²) in [5.41, 5.74) is 0.710. The van der Waals surface area contributed by atoms with Crippen LogP contribution in [0.3, 0.4) is 0 Å². The molecule has 0 amide bonds. The molecular formula is C12H13Cl2N5. The fourth-order valence-electron chi connectivity index (χ4n) is 1.41. The van der Waals surface area contributed by atoms with E-state index in [0.717, 1.165) is 0 Å². The first-order chi connectivity index (χ1) is 9.04. The molecule has 2 aromatic rings. The maximum Gasteiger partial charge on any atom is 0.244 e. The van der Waals surface area contributed by atoms with Crippen molar-refractivity contribution in [3.05, 3.63) is 34.4 Å². The lowest BCUT2D eigenvalue weighted by Gasteiger charge is -2.10. The summed E-state index contributed by atoms with van der Waals surface area (Å²) < 4.78 is 0. The summed E-state index contributed by atoms with van der Waals surface area (Å²) in [5.74, 6) is 1.02. The highest BCUT2D eigenvalue weighted by atomic mass is 35.5. The van der Waals surface area contributed by atoms with E-state index in [1.54, 1.807) is 18.2 Å². The zero-order chi connectivity index (χ0) is 13.8. The van der Waals surface area contributed by atoms with E-state index in [4.69, 9.17) is 23.2 Å². The summed E-state index contributed by atoms with van der Waals surface area (Å²) in [6.45, 7) is 4.00. The van der Waals surface area contributed by atoms with E-state index < -0.39 is 0 Å². The van der Waals surface area contributed by atoms with E-state index in [9.17, 15) is 0 Å². The van der Waals surface area contributed by atoms with Crippen molar-refractivity contribution in [2.75, 3.05) is 10.6 Å². The molecule has 100 valence electrons. The van der Waals surface area contributed by atoms with Crippen molar-refractivity contribution in [3.8, 4) is 0 Å². The van der Waals surface area contributed by atoms with Crippen molar-refractivity contribution in [1.29, 1.82) is 0 Å². The van der Waals surface area contributed by atoms with E-state index in [2.05, 4.69) is 25.8 Å². The molecule has 0 radical (unpaired) electrons. The Balaban J connectivity index is 2.18. The predicted molar refractivity (Wildman–Crippen MR) is 78.3 cm³/mol. The molecule has 0 fully saturated rings. The molecule has 0 saturated heterocycles. The zero-order valence-corrected chi connectivity index (χ0v) is 12.0. The van der Waals surface area contributed by atoms with E-state index >= 15 is 0 Å². The van der Waals surface area contributed by atoms with Crippen LogP contribution < -0.4 is 10.6 Å². The second-order valence-corrected chi connectivity index (χ2v) is 5.06. The Kier molecular flexibility index (Phi) is 4.39. The first-order valence-electron chi connectivity index (χ1n) is 5.73. The largest absolute Gasteiger partial charge is 0.351 e. The van der Waals surface area contributed by atoms with Gasteiger partial charge in [0.2, 0.25) is 5.95 Å². The molecule has 1 aromatic carbocycles. The van der Waals surface area contributed by atoms with E-state index in [1.165, 1.54) is 6.20 Å². The number of nitrogens with zero attached hydrogens (tertiary/aromatic N) is 3. The third kappa shape index (κ3) is 3.94. The molecule has 1 aromatic heterocycles. The van der Waals surface area contributed by atoms with Gasteiger partial charge in [-0.25, -0.2) is 0 Å². The third-order valence-electron chi connectivity index (χ3n) is 2.17. The van der Waals surface area contributed by atoms with Crippen LogP contribution in [0, 0.1) is 0 Å². The fourth-order valence-corrected chi connectivity index (χ4v) is 1.87. The Hall–Kier alpha value is -1.59. The van der Waals surface area contributed by atoms with Crippen LogP contribution in [0.1, 0.15) is 13.8 Å². The number of aromatic nitrogens is 3. The van der Waals surface area contributed by atoms with Gasteiger partial charge in [0.1, 0.15) is 0 Å². The van der Waals surface area contributed by atoms with Gasteiger partial charge in [-0.2, -0.15) is 10.1 Å². The number of halogens is 2. The van der Waals surface area contributed by atoms with Gasteiger partial charge in [0.05, 0.1) is 16.9 Å². The molecule has 0 aliphatic heterocycles. The normalized spacial score (nSPS) is 10.6. The standard InChI is InChI=1S/C12H13Cl2N5/c1-7(2)16-12-18-11(6-15-19-12)17-10-4-3-8(13)5-9(10)14/h3-7H,1-2H3,(H2,16,17,18,19). The summed E-state index contributed by atoms with van der Waals surface area (Å²) in [6, 6.07) is 5.42. The average Bonchev–Trinajstić information content (AvgIpc) is 2.32. The van der Waals surface area contributed by atoms with Gasteiger partial charge in [-0.3, -0.25) is 0 Å². The molecular weight excluding hydrogens is 285 g/mol. The van der Waals surface area contributed by atoms with Gasteiger partial charge >= 0.3 is 0 Å². The molecule has 1 heterocycles. The first-order valence-corrected chi connectivity index (χ1v) is 6.48. The van der Waals surface area contributed by atoms with Crippen molar-refractivity contribution in [2.24, 2.45) is 0 Å². The van der Waals surface area contributed by atoms with Crippen LogP contribution in [0.25, 0.3) is 0 Å². The van der Waals surface area contributed by atoms with Gasteiger partial charge in [-0.1, -0.05) is 23.2 Å². The van der Waals surface area contributed by atoms with E-state index in [-0.39, 0.29) is 6.04 Å². The van der Waals surface area contributed by atoms with Crippen molar-refractivity contribution in [2.45, 2.75) is 19.9 Å². The minimum Gasteiger partial charge on any atom is -0.351 e. The van der Waals surface area contributed by atoms with Crippen LogP contribution in [-0.2, 0) is 0 Å². The Bertz CT molecular complexity index is 574. The van der Waals surface area contributed by atoms with Crippen LogP contribution in [0.5, 0.6) is 0 Å². The molecule has 2 N–H and O–H groups in total. The molecule has 0 aliphatic rings. The maximum absolute atomic E-state index is 6.08. The molecule has 0 spiro atoms. The lowest BCUT2D eigenvalue weighted by Crippen LogP contribution is -2.13. The number of hydrogen-bond acceptors (Lipinski definition) is 5. The van der Waals surface area contributed by atoms with Crippen LogP contribution in [-0.4, -0.2) is 21.2 Å². The highest BCUT2D eigenvalue weighted by molar-refractivity contribution is 6.36. The van der Waals surface area contributed by atoms with Crippen LogP contribution in [0.15, 0.2) is 24.4 Å². The minimum atomic E-state index is 0.233. The topological polar surface area (TPSA) is 62.7 Å². The molecule has 0 bridgehead atoms. The SMILES string of the molecule is CC(C)Nc1nncc(Nc2ccc(Cl)cc2Cl)n1. The Morgan fingerprint density at radius 2 is 2.00 bits per heavy atom. The Morgan fingerprint density at radius 1 is 1.21 bits per heavy atom. The Morgan fingerprint density at radius 3 is 2.68 bits per heavy atom. The summed E-state index contributed by atoms with van der Waals surface area (Å²) in [5, 5.41) is 15.0. The Labute approximate surface area is 121 Å². The van der Waals surface area contributed by atoms with E-state index in [1.807, 2.05) is 13.8 Å². The van der Waals surface area contributed by atoms with Crippen molar-refractivity contribution in [1.82, 2.24) is 15.2 Å². The molecule has 0 saturated carbocycles. The van der Waals surface area contributed by atoms with Gasteiger partial charge in [0.25, 0.3) is 0 Å². The quantitative estimate of drug-likeness (QED) is 0.900. The first kappa shape index (κ1) is 13.8. The minimum absolute atomic E-state index is 0.233. The van der Waals surface area contributed by atoms with E-state index in [0.29, 0.717) is 27.5 Å². The van der Waals surface area contributed by atoms with Crippen LogP contribution >= 0.6 is 23.2 Å². The van der Waals surface area contributed by atoms with Crippen molar-refractivity contribution >= 4 is 40.7 Å². The molecule has 0 atom stereocenters. The van der Waals surface area contributed by atoms with Crippen molar-refractivity contribution < 1.29 is 0 Å². The number of nitrogens with one attached hydrogen (secondary N) is 2. The molecule has 5 nitrogen and oxygen atoms in total. The molecule has 7 heteroatoms. The predicted octanol–water partition coefficient (Wildman–Crippen LogP) is 3.74. The lowest BCUT2D eigenvalue weighted by molar-refractivity contribution is 0.852. The smallest absolute Gasteiger partial charge is 0.244 e. The highest BCUT2D eigenvalue weighted by Gasteiger charge is 2.05. The lowest BCUT2D eigenvalue weighted by atomic mass is 10.3. The summed E-state index contributed by atoms with van der Waals surface area (Å²) in [7, 11) is 0. The number of rotatable bonds is 4. The third-order valence-corrected chi connectivity index (χ3v) is 2.72. The summed E-state index contributed by atoms with van der Waals surface area (Å²) in [4.78, 5) is 4.28. The van der Waals surface area contributed by atoms with Crippen molar-refractivity contribution in [3.63, 3.8) is 0 Å². The van der Waals surface area contributed by atoms with Gasteiger partial charge < -0.3 is 10.6 Å². The number of benzene rings is 1. The zero-order valence-electron chi connectivity index (χ0n) is 10.5. The monoisotopic (exact) mass is 297 g/mol. The maximum atomic E-state index is 6.08. The number of hydrogen-bond donors (Lipinski definition) is 2. The molecule has 0 unspecified atom stereocenters. The van der Waals surface area contributed by atoms with Gasteiger partial charge in [0.15, 0.2) is 5.82 Å². The van der Waals surface area contributed by atoms with Crippen LogP contribution in [0.4, 0.5) is 17.5 Å². The van der Waals surface area contributed by atoms with Gasteiger partial charge in [-0.05, 0) is 32.0 Å². The molecule has 0 aliphatic carbocycles. The van der Waals surface area contributed by atoms with Gasteiger partial charge in [-0.15, -0.1) is 5.10 Å². The number of anilines is 3. The van der Waals surface area contributed by atoms with Gasteiger partial charge in [0, 0.05) is 11.1 Å². The fraction of sp³-hybridized carbons (Fsp3) is 0.250. The second kappa shape index (κ2) is 6.04. The average molecular weight is 298 g/mol. The van der Waals surface area contributed by atoms with Crippen LogP contribution in [0.2, 0.25) is 10.0 Å². The highest BCUT2D eigenvalue weighted by Crippen LogP contribution is 2.27.